The van der Waals surface area contributed by atoms with Gasteiger partial charge in [0.25, 0.3) is 0 Å². The summed E-state index contributed by atoms with van der Waals surface area (Å²) in [5, 5.41) is 11.1. The fourth-order valence-corrected chi connectivity index (χ4v) is 2.56. The zero-order valence-electron chi connectivity index (χ0n) is 11.4. The fourth-order valence-electron chi connectivity index (χ4n) is 2.56. The second kappa shape index (κ2) is 5.59. The van der Waals surface area contributed by atoms with Crippen molar-refractivity contribution in [3.8, 4) is 0 Å². The van der Waals surface area contributed by atoms with E-state index >= 15 is 0 Å². The largest absolute Gasteiger partial charge is 0.381 e. The van der Waals surface area contributed by atoms with Crippen LogP contribution in [-0.4, -0.2) is 39.4 Å². The normalized spacial score (nSPS) is 18.1. The lowest BCUT2D eigenvalue weighted by Crippen LogP contribution is -2.31. The zero-order valence-corrected chi connectivity index (χ0v) is 11.4. The Kier molecular flexibility index (Phi) is 3.66. The Morgan fingerprint density at radius 3 is 2.95 bits per heavy atom. The molecule has 0 spiro atoms. The molecule has 108 valence electrons. The molecule has 1 aliphatic heterocycles. The van der Waals surface area contributed by atoms with Gasteiger partial charge in [0.2, 0.25) is 5.95 Å². The van der Waals surface area contributed by atoms with Gasteiger partial charge in [-0.15, -0.1) is 0 Å². The van der Waals surface area contributed by atoms with E-state index in [4.69, 9.17) is 10.6 Å². The Morgan fingerprint density at radius 1 is 1.40 bits per heavy atom. The summed E-state index contributed by atoms with van der Waals surface area (Å²) in [4.78, 5) is 8.59. The van der Waals surface area contributed by atoms with Gasteiger partial charge >= 0.3 is 0 Å². The summed E-state index contributed by atoms with van der Waals surface area (Å²) in [6.07, 6.45) is 3.85. The lowest BCUT2D eigenvalue weighted by Gasteiger charge is -2.28. The van der Waals surface area contributed by atoms with E-state index < -0.39 is 0 Å². The number of fused-ring (bicyclic) bond motifs is 1. The van der Waals surface area contributed by atoms with Crippen molar-refractivity contribution in [2.24, 2.45) is 11.8 Å². The van der Waals surface area contributed by atoms with Crippen molar-refractivity contribution in [1.29, 1.82) is 0 Å². The predicted molar refractivity (Wildman–Crippen MR) is 76.1 cm³/mol. The summed E-state index contributed by atoms with van der Waals surface area (Å²) in [7, 11) is 0. The number of nitrogens with two attached hydrogens (primary N) is 1. The molecule has 3 heterocycles. The van der Waals surface area contributed by atoms with Crippen LogP contribution >= 0.6 is 0 Å². The van der Waals surface area contributed by atoms with Crippen LogP contribution in [0.25, 0.3) is 11.0 Å². The predicted octanol–water partition coefficient (Wildman–Crippen LogP) is 0.865. The molecular weight excluding hydrogens is 258 g/mol. The molecule has 1 saturated heterocycles. The highest BCUT2D eigenvalue weighted by Gasteiger charge is 2.21. The highest BCUT2D eigenvalue weighted by atomic mass is 16.5. The molecule has 5 N–H and O–H groups in total. The van der Waals surface area contributed by atoms with E-state index in [1.807, 2.05) is 0 Å². The number of nitrogens with zero attached hydrogens (tertiary/aromatic N) is 3. The van der Waals surface area contributed by atoms with E-state index in [9.17, 15) is 0 Å². The van der Waals surface area contributed by atoms with Crippen LogP contribution in [0, 0.1) is 5.92 Å². The number of ether oxygens (including phenoxy) is 1. The molecule has 0 amide bonds. The molecule has 1 unspecified atom stereocenters. The first-order chi connectivity index (χ1) is 9.78. The second-order valence-corrected chi connectivity index (χ2v) is 5.06. The Bertz CT molecular complexity index is 578. The molecule has 3 rings (SSSR count). The number of nitrogen functional groups attached to an aromatic ring is 1. The van der Waals surface area contributed by atoms with Gasteiger partial charge in [-0.3, -0.25) is 10.5 Å². The maximum Gasteiger partial charge on any atom is 0.241 e. The Morgan fingerprint density at radius 2 is 2.20 bits per heavy atom. The quantitative estimate of drug-likeness (QED) is 0.484. The topological polar surface area (TPSA) is 114 Å². The van der Waals surface area contributed by atoms with Gasteiger partial charge in [0.15, 0.2) is 5.65 Å². The molecule has 0 aromatic carbocycles. The van der Waals surface area contributed by atoms with Gasteiger partial charge in [0.1, 0.15) is 5.82 Å². The molecule has 0 radical (unpaired) electrons. The number of hydrogen-bond donors (Lipinski definition) is 4. The first kappa shape index (κ1) is 13.1. The molecule has 1 fully saturated rings. The maximum atomic E-state index is 5.40. The van der Waals surface area contributed by atoms with E-state index in [-0.39, 0.29) is 0 Å². The first-order valence-corrected chi connectivity index (χ1v) is 6.80. The monoisotopic (exact) mass is 277 g/mol. The number of anilines is 2. The summed E-state index contributed by atoms with van der Waals surface area (Å²) >= 11 is 0. The number of H-pyrrole nitrogens is 1. The third-order valence-corrected chi connectivity index (χ3v) is 3.78. The average Bonchev–Trinajstić information content (AvgIpc) is 2.96. The smallest absolute Gasteiger partial charge is 0.241 e. The second-order valence-electron chi connectivity index (χ2n) is 5.06. The van der Waals surface area contributed by atoms with E-state index in [0.717, 1.165) is 37.3 Å². The van der Waals surface area contributed by atoms with Crippen molar-refractivity contribution in [2.75, 3.05) is 24.0 Å². The van der Waals surface area contributed by atoms with Gasteiger partial charge in [-0.25, -0.2) is 5.84 Å². The SMILES string of the molecule is CC(Nc1nc(NN)nc2[nH]ncc12)C1CCOCC1. The molecular formula is C12H19N7O. The van der Waals surface area contributed by atoms with E-state index in [1.165, 1.54) is 0 Å². The van der Waals surface area contributed by atoms with Crippen LogP contribution < -0.4 is 16.6 Å². The van der Waals surface area contributed by atoms with Gasteiger partial charge < -0.3 is 10.1 Å². The molecule has 8 heteroatoms. The fraction of sp³-hybridized carbons (Fsp3) is 0.583. The van der Waals surface area contributed by atoms with Crippen molar-refractivity contribution in [3.05, 3.63) is 6.20 Å². The third-order valence-electron chi connectivity index (χ3n) is 3.78. The lowest BCUT2D eigenvalue weighted by molar-refractivity contribution is 0.0622. The first-order valence-electron chi connectivity index (χ1n) is 6.80. The molecule has 1 atom stereocenters. The number of hydrogen-bond acceptors (Lipinski definition) is 7. The standard InChI is InChI=1S/C12H19N7O/c1-7(8-2-4-20-5-3-8)15-10-9-6-14-19-11(9)17-12(16-10)18-13/h6-8H,2-5,13H2,1H3,(H3,14,15,16,17,18,19). The molecule has 2 aromatic rings. The summed E-state index contributed by atoms with van der Waals surface area (Å²) in [6.45, 7) is 3.83. The zero-order chi connectivity index (χ0) is 13.9. The van der Waals surface area contributed by atoms with Crippen LogP contribution in [0.2, 0.25) is 0 Å². The molecule has 0 saturated carbocycles. The minimum absolute atomic E-state index is 0.303. The van der Waals surface area contributed by atoms with Crippen LogP contribution in [0.1, 0.15) is 19.8 Å². The number of hydrazine groups is 1. The van der Waals surface area contributed by atoms with Crippen molar-refractivity contribution < 1.29 is 4.74 Å². The summed E-state index contributed by atoms with van der Waals surface area (Å²) in [5.74, 6) is 7.09. The highest BCUT2D eigenvalue weighted by molar-refractivity contribution is 5.87. The third kappa shape index (κ3) is 2.52. The Balaban J connectivity index is 1.83. The molecule has 1 aliphatic rings. The summed E-state index contributed by atoms with van der Waals surface area (Å²) < 4.78 is 5.40. The average molecular weight is 277 g/mol. The van der Waals surface area contributed by atoms with Crippen molar-refractivity contribution in [1.82, 2.24) is 20.2 Å². The van der Waals surface area contributed by atoms with Gasteiger partial charge in [0.05, 0.1) is 11.6 Å². The van der Waals surface area contributed by atoms with Crippen LogP contribution in [0.15, 0.2) is 6.20 Å². The number of aromatic nitrogens is 4. The molecule has 2 aromatic heterocycles. The van der Waals surface area contributed by atoms with Crippen molar-refractivity contribution >= 4 is 22.8 Å². The Labute approximate surface area is 116 Å². The van der Waals surface area contributed by atoms with Crippen LogP contribution in [-0.2, 0) is 4.74 Å². The highest BCUT2D eigenvalue weighted by Crippen LogP contribution is 2.25. The van der Waals surface area contributed by atoms with E-state index in [0.29, 0.717) is 23.6 Å². The van der Waals surface area contributed by atoms with Crippen molar-refractivity contribution in [2.45, 2.75) is 25.8 Å². The van der Waals surface area contributed by atoms with E-state index in [2.05, 4.69) is 37.8 Å². The minimum Gasteiger partial charge on any atom is -0.381 e. The van der Waals surface area contributed by atoms with E-state index in [1.54, 1.807) is 6.20 Å². The lowest BCUT2D eigenvalue weighted by atomic mass is 9.93. The number of rotatable bonds is 4. The number of aromatic amines is 1. The minimum atomic E-state index is 0.303. The van der Waals surface area contributed by atoms with Gasteiger partial charge in [0, 0.05) is 19.3 Å². The summed E-state index contributed by atoms with van der Waals surface area (Å²) in [5.41, 5.74) is 3.13. The number of nitrogens with one attached hydrogen (secondary N) is 3. The van der Waals surface area contributed by atoms with Gasteiger partial charge in [-0.1, -0.05) is 0 Å². The Hall–Kier alpha value is -1.93. The van der Waals surface area contributed by atoms with Gasteiger partial charge in [-0.05, 0) is 25.7 Å². The van der Waals surface area contributed by atoms with Crippen LogP contribution in [0.5, 0.6) is 0 Å². The maximum absolute atomic E-state index is 5.40. The molecule has 0 bridgehead atoms. The molecule has 8 nitrogen and oxygen atoms in total. The van der Waals surface area contributed by atoms with Crippen molar-refractivity contribution in [3.63, 3.8) is 0 Å². The summed E-state index contributed by atoms with van der Waals surface area (Å²) in [6, 6.07) is 0.303. The van der Waals surface area contributed by atoms with Crippen LogP contribution in [0.3, 0.4) is 0 Å². The van der Waals surface area contributed by atoms with Gasteiger partial charge in [-0.2, -0.15) is 15.1 Å². The molecule has 20 heavy (non-hydrogen) atoms. The van der Waals surface area contributed by atoms with Crippen LogP contribution in [0.4, 0.5) is 11.8 Å². The molecule has 0 aliphatic carbocycles.